The second-order valence-electron chi connectivity index (χ2n) is 6.91. The summed E-state index contributed by atoms with van der Waals surface area (Å²) in [6, 6.07) is 7.87. The Labute approximate surface area is 143 Å². The van der Waals surface area contributed by atoms with Crippen molar-refractivity contribution in [2.75, 3.05) is 26.3 Å². The number of aliphatic hydroxyl groups excluding tert-OH is 1. The largest absolute Gasteiger partial charge is 0.391 e. The van der Waals surface area contributed by atoms with Gasteiger partial charge in [0.05, 0.1) is 11.7 Å². The van der Waals surface area contributed by atoms with Gasteiger partial charge < -0.3 is 14.9 Å². The van der Waals surface area contributed by atoms with Gasteiger partial charge in [-0.2, -0.15) is 0 Å². The molecule has 128 valence electrons. The molecule has 5 heteroatoms. The fourth-order valence-electron chi connectivity index (χ4n) is 3.72. The fraction of sp³-hybridized carbons (Fsp3) is 0.667. The lowest BCUT2D eigenvalue weighted by Gasteiger charge is -2.44. The van der Waals surface area contributed by atoms with Crippen LogP contribution in [0.15, 0.2) is 24.3 Å². The number of piperidine rings is 1. The number of rotatable bonds is 4. The fourth-order valence-corrected chi connectivity index (χ4v) is 3.84. The molecule has 2 aliphatic heterocycles. The van der Waals surface area contributed by atoms with Gasteiger partial charge in [0, 0.05) is 43.7 Å². The van der Waals surface area contributed by atoms with E-state index in [4.69, 9.17) is 16.3 Å². The van der Waals surface area contributed by atoms with Crippen LogP contribution in [0, 0.1) is 0 Å². The average Bonchev–Trinajstić information content (AvgIpc) is 2.53. The maximum Gasteiger partial charge on any atom is 0.0818 e. The summed E-state index contributed by atoms with van der Waals surface area (Å²) in [5.41, 5.74) is 0.484. The van der Waals surface area contributed by atoms with E-state index in [9.17, 15) is 10.2 Å². The van der Waals surface area contributed by atoms with Crippen LogP contribution in [-0.2, 0) is 11.2 Å². The van der Waals surface area contributed by atoms with Crippen LogP contribution >= 0.6 is 11.6 Å². The van der Waals surface area contributed by atoms with Crippen molar-refractivity contribution >= 4 is 11.6 Å². The third-order valence-corrected chi connectivity index (χ3v) is 5.39. The zero-order valence-electron chi connectivity index (χ0n) is 13.5. The van der Waals surface area contributed by atoms with Gasteiger partial charge in [-0.05, 0) is 43.5 Å². The second-order valence-corrected chi connectivity index (χ2v) is 7.35. The molecule has 2 fully saturated rings. The summed E-state index contributed by atoms with van der Waals surface area (Å²) in [6.07, 6.45) is 3.59. The van der Waals surface area contributed by atoms with Crippen LogP contribution in [0.25, 0.3) is 0 Å². The molecule has 2 N–H and O–H groups in total. The molecular formula is C18H26ClNO3. The van der Waals surface area contributed by atoms with Crippen molar-refractivity contribution in [3.8, 4) is 0 Å². The Balaban J connectivity index is 1.70. The van der Waals surface area contributed by atoms with Crippen LogP contribution in [0.3, 0.4) is 0 Å². The molecule has 23 heavy (non-hydrogen) atoms. The zero-order valence-corrected chi connectivity index (χ0v) is 14.2. The first-order chi connectivity index (χ1) is 11.1. The molecule has 2 atom stereocenters. The molecule has 0 unspecified atom stereocenters. The maximum absolute atomic E-state index is 10.8. The lowest BCUT2D eigenvalue weighted by Crippen LogP contribution is -2.56. The van der Waals surface area contributed by atoms with E-state index in [1.807, 2.05) is 24.3 Å². The molecule has 0 saturated carbocycles. The van der Waals surface area contributed by atoms with Crippen LogP contribution in [0.4, 0.5) is 0 Å². The number of ether oxygens (including phenoxy) is 1. The van der Waals surface area contributed by atoms with Crippen LogP contribution in [0.1, 0.15) is 31.2 Å². The smallest absolute Gasteiger partial charge is 0.0818 e. The lowest BCUT2D eigenvalue weighted by atomic mass is 9.88. The summed E-state index contributed by atoms with van der Waals surface area (Å²) >= 11 is 5.95. The van der Waals surface area contributed by atoms with E-state index in [0.29, 0.717) is 32.6 Å². The number of hydrogen-bond donors (Lipinski definition) is 2. The zero-order chi connectivity index (χ0) is 16.3. The van der Waals surface area contributed by atoms with Gasteiger partial charge in [-0.3, -0.25) is 4.90 Å². The van der Waals surface area contributed by atoms with Crippen molar-refractivity contribution in [3.05, 3.63) is 34.9 Å². The second kappa shape index (κ2) is 7.49. The van der Waals surface area contributed by atoms with E-state index in [1.54, 1.807) is 0 Å². The van der Waals surface area contributed by atoms with Crippen molar-refractivity contribution < 1.29 is 14.9 Å². The van der Waals surface area contributed by atoms with Crippen molar-refractivity contribution in [1.82, 2.24) is 4.90 Å². The van der Waals surface area contributed by atoms with Crippen LogP contribution in [0.2, 0.25) is 5.02 Å². The first-order valence-electron chi connectivity index (χ1n) is 8.52. The Hall–Kier alpha value is -0.650. The van der Waals surface area contributed by atoms with Crippen molar-refractivity contribution in [1.29, 1.82) is 0 Å². The minimum Gasteiger partial charge on any atom is -0.391 e. The molecule has 1 aromatic rings. The minimum absolute atomic E-state index is 0.0526. The van der Waals surface area contributed by atoms with Gasteiger partial charge in [-0.15, -0.1) is 0 Å². The summed E-state index contributed by atoms with van der Waals surface area (Å²) in [7, 11) is 0. The highest BCUT2D eigenvalue weighted by Gasteiger charge is 2.37. The summed E-state index contributed by atoms with van der Waals surface area (Å²) in [6.45, 7) is 2.79. The Morgan fingerprint density at radius 3 is 2.61 bits per heavy atom. The van der Waals surface area contributed by atoms with Crippen molar-refractivity contribution in [2.45, 2.75) is 49.9 Å². The monoisotopic (exact) mass is 339 g/mol. The van der Waals surface area contributed by atoms with Gasteiger partial charge in [0.15, 0.2) is 0 Å². The van der Waals surface area contributed by atoms with Crippen molar-refractivity contribution in [2.24, 2.45) is 0 Å². The number of likely N-dealkylation sites (tertiary alicyclic amines) is 1. The van der Waals surface area contributed by atoms with Gasteiger partial charge in [0.1, 0.15) is 0 Å². The summed E-state index contributed by atoms with van der Waals surface area (Å²) in [5.74, 6) is 0. The molecule has 0 bridgehead atoms. The Bertz CT molecular complexity index is 501. The average molecular weight is 340 g/mol. The number of halogens is 1. The molecule has 0 spiro atoms. The highest BCUT2D eigenvalue weighted by Crippen LogP contribution is 2.28. The van der Waals surface area contributed by atoms with E-state index in [2.05, 4.69) is 4.90 Å². The van der Waals surface area contributed by atoms with E-state index < -0.39 is 5.60 Å². The number of nitrogens with zero attached hydrogens (tertiary/aromatic N) is 1. The molecule has 3 rings (SSSR count). The van der Waals surface area contributed by atoms with Gasteiger partial charge in [-0.25, -0.2) is 0 Å². The highest BCUT2D eigenvalue weighted by molar-refractivity contribution is 6.30. The van der Waals surface area contributed by atoms with Gasteiger partial charge in [0.2, 0.25) is 0 Å². The number of aliphatic hydroxyl groups is 2. The molecule has 4 nitrogen and oxygen atoms in total. The molecule has 2 aliphatic rings. The Morgan fingerprint density at radius 2 is 1.91 bits per heavy atom. The summed E-state index contributed by atoms with van der Waals surface area (Å²) < 4.78 is 5.37. The first-order valence-corrected chi connectivity index (χ1v) is 8.90. The number of β-amino-alcohol motifs (C(OH)–C–C–N with tert-alkyl or cyclic N) is 1. The molecule has 0 aromatic heterocycles. The van der Waals surface area contributed by atoms with Gasteiger partial charge >= 0.3 is 0 Å². The summed E-state index contributed by atoms with van der Waals surface area (Å²) in [5, 5.41) is 22.0. The Kier molecular flexibility index (Phi) is 5.60. The molecular weight excluding hydrogens is 314 g/mol. The van der Waals surface area contributed by atoms with Gasteiger partial charge in [-0.1, -0.05) is 23.7 Å². The number of benzene rings is 1. The van der Waals surface area contributed by atoms with E-state index in [0.717, 1.165) is 30.8 Å². The topological polar surface area (TPSA) is 52.9 Å². The standard InChI is InChI=1S/C18H26ClNO3/c19-15-5-3-14(4-6-15)12-16-17(21)2-1-9-20(16)13-18(22)7-10-23-11-8-18/h3-6,16-17,21-22H,1-2,7-13H2/t16-,17-/m0/s1. The third-order valence-electron chi connectivity index (χ3n) is 5.14. The predicted molar refractivity (Wildman–Crippen MR) is 90.8 cm³/mol. The van der Waals surface area contributed by atoms with E-state index in [-0.39, 0.29) is 12.1 Å². The Morgan fingerprint density at radius 1 is 1.22 bits per heavy atom. The molecule has 0 radical (unpaired) electrons. The van der Waals surface area contributed by atoms with Crippen LogP contribution in [0.5, 0.6) is 0 Å². The molecule has 0 aliphatic carbocycles. The molecule has 0 amide bonds. The number of hydrogen-bond acceptors (Lipinski definition) is 4. The van der Waals surface area contributed by atoms with Crippen molar-refractivity contribution in [3.63, 3.8) is 0 Å². The van der Waals surface area contributed by atoms with Crippen LogP contribution in [-0.4, -0.2) is 59.2 Å². The van der Waals surface area contributed by atoms with E-state index in [1.165, 1.54) is 5.56 Å². The first kappa shape index (κ1) is 17.2. The SMILES string of the molecule is O[C@H]1CCCN(CC2(O)CCOCC2)[C@H]1Cc1ccc(Cl)cc1. The highest BCUT2D eigenvalue weighted by atomic mass is 35.5. The third kappa shape index (κ3) is 4.46. The maximum atomic E-state index is 10.8. The summed E-state index contributed by atoms with van der Waals surface area (Å²) in [4.78, 5) is 2.27. The van der Waals surface area contributed by atoms with E-state index >= 15 is 0 Å². The molecule has 2 saturated heterocycles. The molecule has 1 aromatic carbocycles. The normalized spacial score (nSPS) is 28.7. The molecule has 2 heterocycles. The lowest BCUT2D eigenvalue weighted by molar-refractivity contribution is -0.0995. The minimum atomic E-state index is -0.687. The quantitative estimate of drug-likeness (QED) is 0.883. The van der Waals surface area contributed by atoms with Gasteiger partial charge in [0.25, 0.3) is 0 Å². The predicted octanol–water partition coefficient (Wildman–Crippen LogP) is 2.25. The van der Waals surface area contributed by atoms with Crippen LogP contribution < -0.4 is 0 Å².